The quantitative estimate of drug-likeness (QED) is 0.392. The number of thiophene rings is 1. The number of hydrogen-bond donors (Lipinski definition) is 2. The number of guanidine groups is 1. The van der Waals surface area contributed by atoms with Gasteiger partial charge in [0, 0.05) is 23.3 Å². The zero-order valence-electron chi connectivity index (χ0n) is 14.7. The topological polar surface area (TPSA) is 45.7 Å². The number of methoxy groups -OCH3 is 1. The first-order chi connectivity index (χ1) is 11.1. The smallest absolute Gasteiger partial charge is 0.191 e. The number of ether oxygens (including phenoxy) is 1. The molecule has 1 aromatic heterocycles. The lowest BCUT2D eigenvalue weighted by Gasteiger charge is -2.12. The van der Waals surface area contributed by atoms with Gasteiger partial charge in [0.25, 0.3) is 0 Å². The lowest BCUT2D eigenvalue weighted by atomic mass is 10.1. The molecule has 24 heavy (non-hydrogen) atoms. The van der Waals surface area contributed by atoms with E-state index >= 15 is 0 Å². The van der Waals surface area contributed by atoms with Gasteiger partial charge < -0.3 is 15.4 Å². The van der Waals surface area contributed by atoms with E-state index in [1.165, 1.54) is 15.3 Å². The summed E-state index contributed by atoms with van der Waals surface area (Å²) < 4.78 is 5.37. The molecule has 0 fully saturated rings. The van der Waals surface area contributed by atoms with Gasteiger partial charge in [0.15, 0.2) is 5.96 Å². The predicted octanol–water partition coefficient (Wildman–Crippen LogP) is 3.90. The molecule has 2 aromatic rings. The summed E-state index contributed by atoms with van der Waals surface area (Å²) in [5.41, 5.74) is 2.41. The van der Waals surface area contributed by atoms with Crippen molar-refractivity contribution >= 4 is 41.3 Å². The standard InChI is InChI=1S/C18H25N3OS.HI/c1-13-5-7-15(11-17(13)22-4)9-10-20-18(19-3)21-12-16-8-6-14(2)23-16;/h5-8,11H,9-10,12H2,1-4H3,(H2,19,20,21);1H. The van der Waals surface area contributed by atoms with Gasteiger partial charge in [-0.1, -0.05) is 12.1 Å². The number of rotatable bonds is 6. The molecule has 2 rings (SSSR count). The Hall–Kier alpha value is -1.28. The molecule has 132 valence electrons. The minimum Gasteiger partial charge on any atom is -0.496 e. The fourth-order valence-corrected chi connectivity index (χ4v) is 3.15. The van der Waals surface area contributed by atoms with Crippen molar-refractivity contribution in [3.05, 3.63) is 51.2 Å². The SMILES string of the molecule is CN=C(NCCc1ccc(C)c(OC)c1)NCc1ccc(C)s1.I. The van der Waals surface area contributed by atoms with Gasteiger partial charge in [0.2, 0.25) is 0 Å². The Morgan fingerprint density at radius 1 is 1.17 bits per heavy atom. The predicted molar refractivity (Wildman–Crippen MR) is 114 cm³/mol. The van der Waals surface area contributed by atoms with Crippen LogP contribution in [-0.2, 0) is 13.0 Å². The molecule has 2 N–H and O–H groups in total. The maximum Gasteiger partial charge on any atom is 0.191 e. The molecule has 0 spiro atoms. The molecule has 0 saturated carbocycles. The number of nitrogens with zero attached hydrogens (tertiary/aromatic N) is 1. The first kappa shape index (κ1) is 20.8. The van der Waals surface area contributed by atoms with Gasteiger partial charge in [0.05, 0.1) is 13.7 Å². The van der Waals surface area contributed by atoms with Gasteiger partial charge in [-0.2, -0.15) is 0 Å². The Morgan fingerprint density at radius 2 is 1.96 bits per heavy atom. The summed E-state index contributed by atoms with van der Waals surface area (Å²) in [7, 11) is 3.51. The van der Waals surface area contributed by atoms with E-state index in [-0.39, 0.29) is 24.0 Å². The number of aliphatic imine (C=N–C) groups is 1. The van der Waals surface area contributed by atoms with Crippen LogP contribution in [0.25, 0.3) is 0 Å². The van der Waals surface area contributed by atoms with E-state index in [1.807, 2.05) is 11.3 Å². The Bertz CT molecular complexity index is 670. The maximum atomic E-state index is 5.37. The van der Waals surface area contributed by atoms with Gasteiger partial charge in [-0.15, -0.1) is 35.3 Å². The largest absolute Gasteiger partial charge is 0.496 e. The average molecular weight is 459 g/mol. The normalized spacial score (nSPS) is 10.9. The molecule has 0 aliphatic carbocycles. The first-order valence-electron chi connectivity index (χ1n) is 7.75. The third kappa shape index (κ3) is 6.32. The second kappa shape index (κ2) is 10.6. The van der Waals surface area contributed by atoms with Crippen molar-refractivity contribution < 1.29 is 4.74 Å². The number of halogens is 1. The number of nitrogens with one attached hydrogen (secondary N) is 2. The van der Waals surface area contributed by atoms with Crippen LogP contribution in [0.1, 0.15) is 20.9 Å². The van der Waals surface area contributed by atoms with Crippen molar-refractivity contribution in [2.45, 2.75) is 26.8 Å². The van der Waals surface area contributed by atoms with E-state index in [4.69, 9.17) is 4.74 Å². The van der Waals surface area contributed by atoms with Gasteiger partial charge >= 0.3 is 0 Å². The lowest BCUT2D eigenvalue weighted by Crippen LogP contribution is -2.37. The molecular formula is C18H26IN3OS. The van der Waals surface area contributed by atoms with E-state index in [0.29, 0.717) is 0 Å². The summed E-state index contributed by atoms with van der Waals surface area (Å²) in [5.74, 6) is 1.77. The average Bonchev–Trinajstić information content (AvgIpc) is 2.97. The van der Waals surface area contributed by atoms with Crippen LogP contribution in [0.15, 0.2) is 35.3 Å². The molecule has 0 amide bonds. The second-order valence-electron chi connectivity index (χ2n) is 5.42. The van der Waals surface area contributed by atoms with Crippen LogP contribution >= 0.6 is 35.3 Å². The third-order valence-electron chi connectivity index (χ3n) is 3.63. The zero-order valence-corrected chi connectivity index (χ0v) is 17.8. The molecule has 1 aromatic carbocycles. The summed E-state index contributed by atoms with van der Waals surface area (Å²) in [6.07, 6.45) is 0.926. The van der Waals surface area contributed by atoms with Crippen molar-refractivity contribution in [1.82, 2.24) is 10.6 Å². The Morgan fingerprint density at radius 3 is 2.58 bits per heavy atom. The molecule has 0 aliphatic heterocycles. The first-order valence-corrected chi connectivity index (χ1v) is 8.57. The lowest BCUT2D eigenvalue weighted by molar-refractivity contribution is 0.411. The van der Waals surface area contributed by atoms with Crippen molar-refractivity contribution in [2.75, 3.05) is 20.7 Å². The number of aryl methyl sites for hydroxylation is 2. The summed E-state index contributed by atoms with van der Waals surface area (Å²) in [6.45, 7) is 5.81. The van der Waals surface area contributed by atoms with Crippen molar-refractivity contribution in [3.8, 4) is 5.75 Å². The molecule has 6 heteroatoms. The van der Waals surface area contributed by atoms with Gasteiger partial charge in [-0.25, -0.2) is 0 Å². The summed E-state index contributed by atoms with van der Waals surface area (Å²) in [5, 5.41) is 6.69. The molecule has 0 atom stereocenters. The zero-order chi connectivity index (χ0) is 16.7. The fraction of sp³-hybridized carbons (Fsp3) is 0.389. The Labute approximate surface area is 165 Å². The Balaban J connectivity index is 0.00000288. The summed E-state index contributed by atoms with van der Waals surface area (Å²) in [4.78, 5) is 6.91. The van der Waals surface area contributed by atoms with E-state index < -0.39 is 0 Å². The van der Waals surface area contributed by atoms with E-state index in [9.17, 15) is 0 Å². The van der Waals surface area contributed by atoms with Crippen LogP contribution in [0, 0.1) is 13.8 Å². The van der Waals surface area contributed by atoms with Gasteiger partial charge in [-0.3, -0.25) is 4.99 Å². The van der Waals surface area contributed by atoms with Crippen LogP contribution in [-0.4, -0.2) is 26.7 Å². The number of hydrogen-bond acceptors (Lipinski definition) is 3. The molecule has 0 radical (unpaired) electrons. The van der Waals surface area contributed by atoms with E-state index in [0.717, 1.165) is 36.8 Å². The molecule has 0 saturated heterocycles. The van der Waals surface area contributed by atoms with Crippen LogP contribution in [0.3, 0.4) is 0 Å². The molecule has 0 unspecified atom stereocenters. The summed E-state index contributed by atoms with van der Waals surface area (Å²) >= 11 is 1.81. The highest BCUT2D eigenvalue weighted by molar-refractivity contribution is 14.0. The van der Waals surface area contributed by atoms with Crippen LogP contribution in [0.2, 0.25) is 0 Å². The molecule has 1 heterocycles. The van der Waals surface area contributed by atoms with Gasteiger partial charge in [-0.05, 0) is 49.6 Å². The maximum absolute atomic E-state index is 5.37. The highest BCUT2D eigenvalue weighted by Crippen LogP contribution is 2.19. The molecular weight excluding hydrogens is 433 g/mol. The third-order valence-corrected chi connectivity index (χ3v) is 4.63. The minimum atomic E-state index is 0. The highest BCUT2D eigenvalue weighted by Gasteiger charge is 2.03. The van der Waals surface area contributed by atoms with Crippen LogP contribution in [0.5, 0.6) is 5.75 Å². The minimum absolute atomic E-state index is 0. The number of benzene rings is 1. The van der Waals surface area contributed by atoms with E-state index in [1.54, 1.807) is 14.2 Å². The van der Waals surface area contributed by atoms with Crippen LogP contribution in [0.4, 0.5) is 0 Å². The van der Waals surface area contributed by atoms with Crippen molar-refractivity contribution in [3.63, 3.8) is 0 Å². The summed E-state index contributed by atoms with van der Waals surface area (Å²) in [6, 6.07) is 10.6. The molecule has 4 nitrogen and oxygen atoms in total. The fourth-order valence-electron chi connectivity index (χ4n) is 2.32. The van der Waals surface area contributed by atoms with Crippen LogP contribution < -0.4 is 15.4 Å². The van der Waals surface area contributed by atoms with E-state index in [2.05, 4.69) is 59.8 Å². The molecule has 0 bridgehead atoms. The highest BCUT2D eigenvalue weighted by atomic mass is 127. The monoisotopic (exact) mass is 459 g/mol. The Kier molecular flexibility index (Phi) is 9.13. The van der Waals surface area contributed by atoms with Gasteiger partial charge in [0.1, 0.15) is 5.75 Å². The van der Waals surface area contributed by atoms with Crippen molar-refractivity contribution in [1.29, 1.82) is 0 Å². The second-order valence-corrected chi connectivity index (χ2v) is 6.79. The molecule has 0 aliphatic rings. The van der Waals surface area contributed by atoms with Crippen molar-refractivity contribution in [2.24, 2.45) is 4.99 Å².